The van der Waals surface area contributed by atoms with E-state index in [-0.39, 0.29) is 0 Å². The normalized spacial score (nSPS) is 16.5. The van der Waals surface area contributed by atoms with Gasteiger partial charge in [-0.05, 0) is 44.5 Å². The third kappa shape index (κ3) is 2.66. The number of aryl methyl sites for hydroxylation is 1. The molecule has 1 aliphatic heterocycles. The lowest BCUT2D eigenvalue weighted by molar-refractivity contribution is 0.316. The molecule has 19 heavy (non-hydrogen) atoms. The molecule has 1 aromatic carbocycles. The molecule has 3 heteroatoms. The Morgan fingerprint density at radius 2 is 1.95 bits per heavy atom. The molecule has 3 nitrogen and oxygen atoms in total. The molecule has 0 atom stereocenters. The lowest BCUT2D eigenvalue weighted by atomic mass is 10.3. The van der Waals surface area contributed by atoms with E-state index in [0.717, 1.165) is 18.6 Å². The van der Waals surface area contributed by atoms with Crippen LogP contribution in [0.2, 0.25) is 0 Å². The van der Waals surface area contributed by atoms with Crippen molar-refractivity contribution in [1.82, 2.24) is 14.5 Å². The Morgan fingerprint density at radius 3 is 2.74 bits per heavy atom. The highest BCUT2D eigenvalue weighted by molar-refractivity contribution is 5.75. The number of fused-ring (bicyclic) bond motifs is 1. The summed E-state index contributed by atoms with van der Waals surface area (Å²) in [6.07, 6.45) is 5.15. The van der Waals surface area contributed by atoms with Crippen LogP contribution in [0.5, 0.6) is 0 Å². The van der Waals surface area contributed by atoms with E-state index in [9.17, 15) is 0 Å². The quantitative estimate of drug-likeness (QED) is 0.818. The first-order chi connectivity index (χ1) is 9.38. The smallest absolute Gasteiger partial charge is 0.124 e. The third-order valence-electron chi connectivity index (χ3n) is 4.03. The van der Waals surface area contributed by atoms with Gasteiger partial charge in [-0.1, -0.05) is 25.5 Å². The maximum Gasteiger partial charge on any atom is 0.124 e. The summed E-state index contributed by atoms with van der Waals surface area (Å²) in [4.78, 5) is 7.38. The Balaban J connectivity index is 1.91. The fourth-order valence-corrected chi connectivity index (χ4v) is 2.95. The monoisotopic (exact) mass is 257 g/mol. The zero-order chi connectivity index (χ0) is 13.1. The van der Waals surface area contributed by atoms with E-state index in [2.05, 4.69) is 40.7 Å². The Bertz CT molecular complexity index is 538. The molecule has 0 saturated carbocycles. The van der Waals surface area contributed by atoms with Crippen LogP contribution >= 0.6 is 0 Å². The number of rotatable bonds is 5. The molecule has 1 aromatic heterocycles. The van der Waals surface area contributed by atoms with Crippen molar-refractivity contribution in [3.63, 3.8) is 0 Å². The standard InChI is InChI=1S/C16H23N3/c1-2-3-12-19-15-9-5-4-8-14(15)17-16(19)13-18-10-6-7-11-18/h4-5,8-9H,2-3,6-7,10-13H2,1H3. The van der Waals surface area contributed by atoms with Crippen molar-refractivity contribution in [2.45, 2.75) is 45.7 Å². The average molecular weight is 257 g/mol. The number of likely N-dealkylation sites (tertiary alicyclic amines) is 1. The topological polar surface area (TPSA) is 21.1 Å². The Labute approximate surface area is 115 Å². The Morgan fingerprint density at radius 1 is 1.16 bits per heavy atom. The first-order valence-corrected chi connectivity index (χ1v) is 7.55. The number of hydrogen-bond acceptors (Lipinski definition) is 2. The molecule has 0 unspecified atom stereocenters. The molecule has 0 spiro atoms. The van der Waals surface area contributed by atoms with E-state index >= 15 is 0 Å². The number of imidazole rings is 1. The zero-order valence-electron chi connectivity index (χ0n) is 11.8. The van der Waals surface area contributed by atoms with Gasteiger partial charge in [0.15, 0.2) is 0 Å². The van der Waals surface area contributed by atoms with E-state index in [1.54, 1.807) is 0 Å². The van der Waals surface area contributed by atoms with E-state index in [0.29, 0.717) is 0 Å². The molecule has 0 amide bonds. The van der Waals surface area contributed by atoms with Crippen molar-refractivity contribution in [2.75, 3.05) is 13.1 Å². The van der Waals surface area contributed by atoms with Gasteiger partial charge >= 0.3 is 0 Å². The molecule has 2 heterocycles. The van der Waals surface area contributed by atoms with Crippen LogP contribution in [0.25, 0.3) is 11.0 Å². The van der Waals surface area contributed by atoms with Crippen LogP contribution in [0.3, 0.4) is 0 Å². The van der Waals surface area contributed by atoms with Gasteiger partial charge in [0.2, 0.25) is 0 Å². The van der Waals surface area contributed by atoms with Gasteiger partial charge in [0.25, 0.3) is 0 Å². The van der Waals surface area contributed by atoms with E-state index in [1.165, 1.54) is 50.1 Å². The summed E-state index contributed by atoms with van der Waals surface area (Å²) < 4.78 is 2.43. The van der Waals surface area contributed by atoms with E-state index < -0.39 is 0 Å². The van der Waals surface area contributed by atoms with Gasteiger partial charge in [0, 0.05) is 6.54 Å². The number of hydrogen-bond donors (Lipinski definition) is 0. The summed E-state index contributed by atoms with van der Waals surface area (Å²) >= 11 is 0. The minimum Gasteiger partial charge on any atom is -0.327 e. The van der Waals surface area contributed by atoms with E-state index in [4.69, 9.17) is 4.98 Å². The molecule has 0 aliphatic carbocycles. The predicted molar refractivity (Wildman–Crippen MR) is 79.2 cm³/mol. The molecular weight excluding hydrogens is 234 g/mol. The first kappa shape index (κ1) is 12.7. The second-order valence-corrected chi connectivity index (χ2v) is 5.51. The summed E-state index contributed by atoms with van der Waals surface area (Å²) in [5.41, 5.74) is 2.44. The lowest BCUT2D eigenvalue weighted by Crippen LogP contribution is -2.21. The van der Waals surface area contributed by atoms with Crippen LogP contribution in [0.4, 0.5) is 0 Å². The van der Waals surface area contributed by atoms with Crippen LogP contribution in [-0.4, -0.2) is 27.5 Å². The maximum atomic E-state index is 4.85. The summed E-state index contributed by atoms with van der Waals surface area (Å²) in [7, 11) is 0. The summed E-state index contributed by atoms with van der Waals surface area (Å²) in [5, 5.41) is 0. The second-order valence-electron chi connectivity index (χ2n) is 5.51. The Hall–Kier alpha value is -1.35. The fraction of sp³-hybridized carbons (Fsp3) is 0.562. The van der Waals surface area contributed by atoms with Crippen molar-refractivity contribution in [3.05, 3.63) is 30.1 Å². The van der Waals surface area contributed by atoms with Gasteiger partial charge in [-0.3, -0.25) is 4.90 Å². The molecule has 0 N–H and O–H groups in total. The zero-order valence-corrected chi connectivity index (χ0v) is 11.8. The minimum atomic E-state index is 1.01. The van der Waals surface area contributed by atoms with Gasteiger partial charge in [-0.15, -0.1) is 0 Å². The summed E-state index contributed by atoms with van der Waals surface area (Å²) in [5.74, 6) is 1.25. The number of para-hydroxylation sites is 2. The lowest BCUT2D eigenvalue weighted by Gasteiger charge is -2.15. The molecule has 0 bridgehead atoms. The van der Waals surface area contributed by atoms with Gasteiger partial charge in [-0.2, -0.15) is 0 Å². The van der Waals surface area contributed by atoms with Crippen LogP contribution in [-0.2, 0) is 13.1 Å². The van der Waals surface area contributed by atoms with Crippen molar-refractivity contribution in [1.29, 1.82) is 0 Å². The molecule has 1 aliphatic rings. The highest BCUT2D eigenvalue weighted by Crippen LogP contribution is 2.19. The minimum absolute atomic E-state index is 1.01. The molecule has 1 fully saturated rings. The molecule has 3 rings (SSSR count). The number of benzene rings is 1. The highest BCUT2D eigenvalue weighted by Gasteiger charge is 2.16. The van der Waals surface area contributed by atoms with Crippen molar-refractivity contribution >= 4 is 11.0 Å². The van der Waals surface area contributed by atoms with E-state index in [1.807, 2.05) is 0 Å². The van der Waals surface area contributed by atoms with Gasteiger partial charge in [0.05, 0.1) is 17.6 Å². The van der Waals surface area contributed by atoms with Crippen molar-refractivity contribution < 1.29 is 0 Å². The van der Waals surface area contributed by atoms with Crippen molar-refractivity contribution in [3.8, 4) is 0 Å². The van der Waals surface area contributed by atoms with Crippen LogP contribution in [0.1, 0.15) is 38.4 Å². The largest absolute Gasteiger partial charge is 0.327 e. The molecular formula is C16H23N3. The average Bonchev–Trinajstić information content (AvgIpc) is 3.04. The SMILES string of the molecule is CCCCn1c(CN2CCCC2)nc2ccccc21. The van der Waals surface area contributed by atoms with Crippen molar-refractivity contribution in [2.24, 2.45) is 0 Å². The second kappa shape index (κ2) is 5.74. The van der Waals surface area contributed by atoms with Gasteiger partial charge < -0.3 is 4.57 Å². The summed E-state index contributed by atoms with van der Waals surface area (Å²) in [6.45, 7) is 6.83. The third-order valence-corrected chi connectivity index (χ3v) is 4.03. The number of nitrogens with zero attached hydrogens (tertiary/aromatic N) is 3. The Kier molecular flexibility index (Phi) is 3.83. The van der Waals surface area contributed by atoms with Gasteiger partial charge in [-0.25, -0.2) is 4.98 Å². The molecule has 1 saturated heterocycles. The molecule has 102 valence electrons. The first-order valence-electron chi connectivity index (χ1n) is 7.55. The molecule has 0 radical (unpaired) electrons. The number of aromatic nitrogens is 2. The van der Waals surface area contributed by atoms with Crippen LogP contribution in [0.15, 0.2) is 24.3 Å². The van der Waals surface area contributed by atoms with Crippen LogP contribution in [0, 0.1) is 0 Å². The number of unbranched alkanes of at least 4 members (excludes halogenated alkanes) is 1. The van der Waals surface area contributed by atoms with Crippen LogP contribution < -0.4 is 0 Å². The van der Waals surface area contributed by atoms with Gasteiger partial charge in [0.1, 0.15) is 5.82 Å². The fourth-order valence-electron chi connectivity index (χ4n) is 2.95. The molecule has 2 aromatic rings. The summed E-state index contributed by atoms with van der Waals surface area (Å²) in [6, 6.07) is 8.53. The highest BCUT2D eigenvalue weighted by atomic mass is 15.2. The predicted octanol–water partition coefficient (Wildman–Crippen LogP) is 3.43. The maximum absolute atomic E-state index is 4.85.